The van der Waals surface area contributed by atoms with Crippen molar-refractivity contribution in [1.82, 2.24) is 4.98 Å². The summed E-state index contributed by atoms with van der Waals surface area (Å²) in [5.41, 5.74) is -0.0503. The molecule has 0 aliphatic carbocycles. The second kappa shape index (κ2) is 6.81. The Hall–Kier alpha value is -1.22. The highest BCUT2D eigenvalue weighted by Gasteiger charge is 2.21. The van der Waals surface area contributed by atoms with Crippen molar-refractivity contribution in [2.24, 2.45) is 0 Å². The number of hydrogen-bond acceptors (Lipinski definition) is 7. The van der Waals surface area contributed by atoms with Crippen molar-refractivity contribution in [3.63, 3.8) is 0 Å². The first-order valence-electron chi connectivity index (χ1n) is 5.18. The van der Waals surface area contributed by atoms with E-state index in [2.05, 4.69) is 4.98 Å². The molecule has 100 valence electrons. The molecule has 19 heavy (non-hydrogen) atoms. The molecule has 1 rings (SSSR count). The van der Waals surface area contributed by atoms with E-state index in [4.69, 9.17) is 12.6 Å². The highest BCUT2D eigenvalue weighted by molar-refractivity contribution is 8.77. The lowest BCUT2D eigenvalue weighted by Gasteiger charge is -2.22. The fourth-order valence-corrected chi connectivity index (χ4v) is 2.96. The number of hydrogen-bond donors (Lipinski definition) is 0. The number of ether oxygens (including phenoxy) is 1. The third-order valence-corrected chi connectivity index (χ3v) is 5.03. The molecule has 1 heterocycles. The molecule has 0 atom stereocenters. The van der Waals surface area contributed by atoms with Crippen molar-refractivity contribution in [3.8, 4) is 0 Å². The van der Waals surface area contributed by atoms with Gasteiger partial charge in [-0.25, -0.2) is 4.98 Å². The molecule has 0 saturated heterocycles. The van der Waals surface area contributed by atoms with E-state index in [1.807, 2.05) is 13.8 Å². The Labute approximate surface area is 119 Å². The Kier molecular flexibility index (Phi) is 5.68. The SMILES string of the molecule is [B]C(=O)OCC(C)(C)SSc1ccc([N+](=O)[O-])cn1. The van der Waals surface area contributed by atoms with Gasteiger partial charge in [-0.1, -0.05) is 10.8 Å². The lowest BCUT2D eigenvalue weighted by atomic mass is 10.2. The van der Waals surface area contributed by atoms with Crippen LogP contribution in [0.4, 0.5) is 10.5 Å². The molecule has 0 spiro atoms. The number of nitro groups is 1. The largest absolute Gasteiger partial charge is 0.473 e. The highest BCUT2D eigenvalue weighted by atomic mass is 33.1. The first kappa shape index (κ1) is 15.8. The van der Waals surface area contributed by atoms with E-state index < -0.39 is 10.8 Å². The smallest absolute Gasteiger partial charge is 0.287 e. The van der Waals surface area contributed by atoms with Crippen LogP contribution in [0.15, 0.2) is 23.4 Å². The van der Waals surface area contributed by atoms with Gasteiger partial charge in [0.2, 0.25) is 13.7 Å². The standard InChI is InChI=1S/C10H11BN2O4S2/c1-10(2,6-17-9(11)14)19-18-8-4-3-7(5-12-8)13(15)16/h3-5H,6H2,1-2H3. The van der Waals surface area contributed by atoms with Crippen LogP contribution in [0.1, 0.15) is 13.8 Å². The van der Waals surface area contributed by atoms with Crippen LogP contribution in [0.25, 0.3) is 0 Å². The minimum absolute atomic E-state index is 0.0503. The lowest BCUT2D eigenvalue weighted by molar-refractivity contribution is -0.385. The molecule has 0 amide bonds. The zero-order valence-electron chi connectivity index (χ0n) is 10.4. The normalized spacial score (nSPS) is 11.1. The van der Waals surface area contributed by atoms with Gasteiger partial charge >= 0.3 is 0 Å². The van der Waals surface area contributed by atoms with Crippen LogP contribution in [0.2, 0.25) is 0 Å². The lowest BCUT2D eigenvalue weighted by Crippen LogP contribution is -2.23. The number of rotatable bonds is 6. The summed E-state index contributed by atoms with van der Waals surface area (Å²) < 4.78 is 4.40. The van der Waals surface area contributed by atoms with Gasteiger partial charge in [-0.05, 0) is 30.7 Å². The van der Waals surface area contributed by atoms with Crippen LogP contribution in [0, 0.1) is 10.1 Å². The van der Waals surface area contributed by atoms with Crippen LogP contribution in [0.3, 0.4) is 0 Å². The van der Waals surface area contributed by atoms with Gasteiger partial charge in [0, 0.05) is 6.07 Å². The Balaban J connectivity index is 2.51. The van der Waals surface area contributed by atoms with Crippen molar-refractivity contribution in [2.45, 2.75) is 23.6 Å². The maximum atomic E-state index is 10.5. The molecule has 0 saturated carbocycles. The Bertz CT molecular complexity index is 467. The van der Waals surface area contributed by atoms with E-state index in [1.165, 1.54) is 33.9 Å². The maximum Gasteiger partial charge on any atom is 0.287 e. The second-order valence-electron chi connectivity index (χ2n) is 4.15. The van der Waals surface area contributed by atoms with Crippen LogP contribution in [-0.4, -0.2) is 35.0 Å². The van der Waals surface area contributed by atoms with E-state index in [9.17, 15) is 14.9 Å². The zero-order valence-corrected chi connectivity index (χ0v) is 12.0. The summed E-state index contributed by atoms with van der Waals surface area (Å²) in [5.74, 6) is -0.813. The summed E-state index contributed by atoms with van der Waals surface area (Å²) in [5, 5.41) is 11.1. The van der Waals surface area contributed by atoms with Gasteiger partial charge in [-0.2, -0.15) is 0 Å². The molecule has 1 aromatic heterocycles. The second-order valence-corrected chi connectivity index (χ2v) is 7.00. The Morgan fingerprint density at radius 1 is 1.58 bits per heavy atom. The molecule has 6 nitrogen and oxygen atoms in total. The summed E-state index contributed by atoms with van der Waals surface area (Å²) in [4.78, 5) is 24.5. The van der Waals surface area contributed by atoms with Crippen LogP contribution < -0.4 is 0 Å². The molecular formula is C10H11BN2O4S2. The van der Waals surface area contributed by atoms with E-state index in [-0.39, 0.29) is 17.0 Å². The minimum atomic E-state index is -0.813. The minimum Gasteiger partial charge on any atom is -0.473 e. The first-order valence-corrected chi connectivity index (χ1v) is 7.33. The van der Waals surface area contributed by atoms with Crippen LogP contribution in [-0.2, 0) is 4.74 Å². The summed E-state index contributed by atoms with van der Waals surface area (Å²) >= 11 is 0. The predicted molar refractivity (Wildman–Crippen MR) is 75.5 cm³/mol. The molecule has 0 unspecified atom stereocenters. The number of nitrogens with zero attached hydrogens (tertiary/aromatic N) is 2. The molecule has 0 fully saturated rings. The summed E-state index contributed by atoms with van der Waals surface area (Å²) in [7, 11) is 7.69. The van der Waals surface area contributed by atoms with Crippen LogP contribution in [0.5, 0.6) is 0 Å². The summed E-state index contributed by atoms with van der Waals surface area (Å²) in [6.07, 6.45) is 1.20. The molecule has 0 aliphatic heterocycles. The first-order chi connectivity index (χ1) is 8.80. The van der Waals surface area contributed by atoms with Crippen molar-refractivity contribution < 1.29 is 14.5 Å². The Morgan fingerprint density at radius 2 is 2.26 bits per heavy atom. The summed E-state index contributed by atoms with van der Waals surface area (Å²) in [6.45, 7) is 3.95. The van der Waals surface area contributed by atoms with Crippen molar-refractivity contribution in [3.05, 3.63) is 28.4 Å². The van der Waals surface area contributed by atoms with Gasteiger partial charge in [-0.15, -0.1) is 0 Å². The summed E-state index contributed by atoms with van der Waals surface area (Å²) in [6, 6.07) is 2.96. The van der Waals surface area contributed by atoms with Gasteiger partial charge in [0.1, 0.15) is 17.8 Å². The van der Waals surface area contributed by atoms with Crippen molar-refractivity contribution in [2.75, 3.05) is 6.61 Å². The maximum absolute atomic E-state index is 10.5. The predicted octanol–water partition coefficient (Wildman–Crippen LogP) is 2.81. The molecule has 9 heteroatoms. The molecule has 0 N–H and O–H groups in total. The van der Waals surface area contributed by atoms with Crippen molar-refractivity contribution in [1.29, 1.82) is 0 Å². The average molecular weight is 298 g/mol. The van der Waals surface area contributed by atoms with Gasteiger partial charge < -0.3 is 4.74 Å². The average Bonchev–Trinajstić information content (AvgIpc) is 2.35. The highest BCUT2D eigenvalue weighted by Crippen LogP contribution is 2.40. The van der Waals surface area contributed by atoms with Gasteiger partial charge in [0.05, 0.1) is 9.67 Å². The van der Waals surface area contributed by atoms with E-state index >= 15 is 0 Å². The Morgan fingerprint density at radius 3 is 2.74 bits per heavy atom. The van der Waals surface area contributed by atoms with E-state index in [0.29, 0.717) is 5.03 Å². The molecular weight excluding hydrogens is 287 g/mol. The number of aromatic nitrogens is 1. The van der Waals surface area contributed by atoms with Crippen molar-refractivity contribution >= 4 is 41.0 Å². The van der Waals surface area contributed by atoms with E-state index in [1.54, 1.807) is 6.07 Å². The number of carbonyl (C=O) groups excluding carboxylic acids is 1. The van der Waals surface area contributed by atoms with Gasteiger partial charge in [0.25, 0.3) is 5.69 Å². The third kappa shape index (κ3) is 5.97. The van der Waals surface area contributed by atoms with E-state index in [0.717, 1.165) is 0 Å². The third-order valence-electron chi connectivity index (χ3n) is 1.85. The van der Waals surface area contributed by atoms with Crippen LogP contribution >= 0.6 is 21.6 Å². The topological polar surface area (TPSA) is 82.3 Å². The molecule has 1 aromatic rings. The zero-order chi connectivity index (χ0) is 14.5. The fraction of sp³-hybridized carbons (Fsp3) is 0.400. The quantitative estimate of drug-likeness (QED) is 0.345. The monoisotopic (exact) mass is 298 g/mol. The number of pyridine rings is 1. The van der Waals surface area contributed by atoms with Gasteiger partial charge in [-0.3, -0.25) is 14.9 Å². The van der Waals surface area contributed by atoms with Gasteiger partial charge in [0.15, 0.2) is 0 Å². The molecule has 0 bridgehead atoms. The number of carbonyl (C=O) groups is 1. The fourth-order valence-electron chi connectivity index (χ4n) is 0.954. The molecule has 2 radical (unpaired) electrons. The molecule has 0 aromatic carbocycles. The molecule has 0 aliphatic rings.